The van der Waals surface area contributed by atoms with Crippen molar-refractivity contribution in [1.82, 2.24) is 0 Å². The van der Waals surface area contributed by atoms with Crippen LogP contribution in [-0.4, -0.2) is 20.5 Å². The minimum absolute atomic E-state index is 0.281. The topological polar surface area (TPSA) is 38.7 Å². The van der Waals surface area contributed by atoms with Gasteiger partial charge in [0, 0.05) is 11.6 Å². The van der Waals surface area contributed by atoms with Gasteiger partial charge in [0.2, 0.25) is 9.04 Å². The molecule has 0 amide bonds. The van der Waals surface area contributed by atoms with Crippen LogP contribution in [-0.2, 0) is 4.43 Å². The number of phenols is 1. The van der Waals surface area contributed by atoms with Crippen LogP contribution in [0.1, 0.15) is 32.4 Å². The predicted molar refractivity (Wildman–Crippen MR) is 75.6 cm³/mol. The van der Waals surface area contributed by atoms with Crippen LogP contribution in [0.4, 0.5) is 13.2 Å². The summed E-state index contributed by atoms with van der Waals surface area (Å²) < 4.78 is 47.5. The molecule has 1 N–H and O–H groups in total. The Morgan fingerprint density at radius 2 is 1.71 bits per heavy atom. The second kappa shape index (κ2) is 6.27. The van der Waals surface area contributed by atoms with Crippen molar-refractivity contribution >= 4 is 9.04 Å². The molecule has 0 aromatic heterocycles. The quantitative estimate of drug-likeness (QED) is 0.821. The summed E-state index contributed by atoms with van der Waals surface area (Å²) in [4.78, 5) is 0. The fourth-order valence-corrected chi connectivity index (χ4v) is 2.85. The van der Waals surface area contributed by atoms with Crippen molar-refractivity contribution in [2.75, 3.05) is 0 Å². The second-order valence-electron chi connectivity index (χ2n) is 6.04. The van der Waals surface area contributed by atoms with Gasteiger partial charge in [-0.15, -0.1) is 13.2 Å². The first-order chi connectivity index (χ1) is 9.40. The first-order valence-electron chi connectivity index (χ1n) is 6.45. The molecule has 1 aromatic rings. The molecule has 0 saturated carbocycles. The van der Waals surface area contributed by atoms with Gasteiger partial charge in [0.1, 0.15) is 11.5 Å². The van der Waals surface area contributed by atoms with E-state index in [0.717, 1.165) is 6.07 Å². The number of hydrogen-bond acceptors (Lipinski definition) is 3. The van der Waals surface area contributed by atoms with Crippen LogP contribution in [0.3, 0.4) is 0 Å². The normalized spacial score (nSPS) is 14.3. The molecular formula is C14H20F3O3Si. The lowest BCUT2D eigenvalue weighted by Gasteiger charge is -2.33. The van der Waals surface area contributed by atoms with Crippen molar-refractivity contribution in [3.05, 3.63) is 23.8 Å². The molecule has 1 rings (SSSR count). The summed E-state index contributed by atoms with van der Waals surface area (Å²) in [7, 11) is -1.13. The summed E-state index contributed by atoms with van der Waals surface area (Å²) in [6, 6.07) is 3.71. The van der Waals surface area contributed by atoms with Crippen molar-refractivity contribution in [1.29, 1.82) is 0 Å². The average molecular weight is 321 g/mol. The molecule has 0 aliphatic rings. The lowest BCUT2D eigenvalue weighted by atomic mass is 9.84. The Labute approximate surface area is 124 Å². The molecule has 1 radical (unpaired) electrons. The van der Waals surface area contributed by atoms with Gasteiger partial charge >= 0.3 is 6.36 Å². The number of benzene rings is 1. The molecule has 7 heteroatoms. The first kappa shape index (κ1) is 17.8. The summed E-state index contributed by atoms with van der Waals surface area (Å²) in [5.41, 5.74) is -0.133. The van der Waals surface area contributed by atoms with E-state index in [1.165, 1.54) is 12.1 Å². The molecule has 0 heterocycles. The molecule has 119 valence electrons. The van der Waals surface area contributed by atoms with Crippen molar-refractivity contribution in [2.24, 2.45) is 5.41 Å². The van der Waals surface area contributed by atoms with Gasteiger partial charge in [-0.1, -0.05) is 20.8 Å². The zero-order valence-electron chi connectivity index (χ0n) is 12.7. The third kappa shape index (κ3) is 5.59. The van der Waals surface area contributed by atoms with E-state index >= 15 is 0 Å². The highest BCUT2D eigenvalue weighted by Crippen LogP contribution is 2.43. The lowest BCUT2D eigenvalue weighted by Crippen LogP contribution is -2.27. The molecule has 0 fully saturated rings. The number of ether oxygens (including phenoxy) is 1. The highest BCUT2D eigenvalue weighted by atomic mass is 28.3. The lowest BCUT2D eigenvalue weighted by molar-refractivity contribution is -0.275. The van der Waals surface area contributed by atoms with Crippen LogP contribution < -0.4 is 4.74 Å². The Balaban J connectivity index is 3.30. The van der Waals surface area contributed by atoms with Gasteiger partial charge in [0.15, 0.2) is 0 Å². The smallest absolute Gasteiger partial charge is 0.508 e. The Morgan fingerprint density at radius 3 is 2.14 bits per heavy atom. The van der Waals surface area contributed by atoms with E-state index in [1.807, 2.05) is 33.9 Å². The number of aromatic hydroxyl groups is 1. The fourth-order valence-electron chi connectivity index (χ4n) is 1.90. The molecule has 0 spiro atoms. The van der Waals surface area contributed by atoms with Crippen molar-refractivity contribution in [3.63, 3.8) is 0 Å². The highest BCUT2D eigenvalue weighted by Gasteiger charge is 2.36. The Kier molecular flexibility index (Phi) is 5.33. The fraction of sp³-hybridized carbons (Fsp3) is 0.571. The van der Waals surface area contributed by atoms with E-state index in [1.54, 1.807) is 0 Å². The Bertz CT molecular complexity index is 481. The van der Waals surface area contributed by atoms with Crippen LogP contribution in [0, 0.1) is 5.41 Å². The molecule has 0 saturated heterocycles. The monoisotopic (exact) mass is 321 g/mol. The maximum atomic E-state index is 12.5. The van der Waals surface area contributed by atoms with Crippen molar-refractivity contribution < 1.29 is 27.4 Å². The minimum Gasteiger partial charge on any atom is -0.508 e. The molecule has 1 atom stereocenters. The third-order valence-electron chi connectivity index (χ3n) is 2.65. The molecule has 0 bridgehead atoms. The van der Waals surface area contributed by atoms with Crippen molar-refractivity contribution in [2.45, 2.75) is 46.3 Å². The number of phenolic OH excluding ortho intramolecular Hbond substituents is 1. The highest BCUT2D eigenvalue weighted by molar-refractivity contribution is 6.48. The molecule has 21 heavy (non-hydrogen) atoms. The molecular weight excluding hydrogens is 301 g/mol. The van der Waals surface area contributed by atoms with Gasteiger partial charge in [0.25, 0.3) is 0 Å². The largest absolute Gasteiger partial charge is 0.573 e. The van der Waals surface area contributed by atoms with E-state index < -0.39 is 32.7 Å². The summed E-state index contributed by atoms with van der Waals surface area (Å²) in [6.07, 6.45) is -5.38. The summed E-state index contributed by atoms with van der Waals surface area (Å²) in [5, 5.41) is 9.42. The van der Waals surface area contributed by atoms with Crippen LogP contribution in [0.15, 0.2) is 18.2 Å². The van der Waals surface area contributed by atoms with Gasteiger partial charge < -0.3 is 14.3 Å². The van der Waals surface area contributed by atoms with E-state index in [4.69, 9.17) is 4.43 Å². The van der Waals surface area contributed by atoms with Gasteiger partial charge in [-0.2, -0.15) is 0 Å². The van der Waals surface area contributed by atoms with E-state index in [9.17, 15) is 18.3 Å². The summed E-state index contributed by atoms with van der Waals surface area (Å²) in [6.45, 7) is 9.47. The zero-order chi connectivity index (χ0) is 16.4. The van der Waals surface area contributed by atoms with Gasteiger partial charge in [-0.3, -0.25) is 0 Å². The van der Waals surface area contributed by atoms with E-state index in [-0.39, 0.29) is 11.3 Å². The summed E-state index contributed by atoms with van der Waals surface area (Å²) in [5.74, 6) is -0.713. The van der Waals surface area contributed by atoms with Crippen LogP contribution in [0.5, 0.6) is 11.5 Å². The van der Waals surface area contributed by atoms with Crippen LogP contribution >= 0.6 is 0 Å². The molecule has 1 unspecified atom stereocenters. The maximum absolute atomic E-state index is 12.5. The maximum Gasteiger partial charge on any atom is 0.573 e. The minimum atomic E-state index is -4.82. The Hall–Kier alpha value is -1.21. The molecule has 3 nitrogen and oxygen atoms in total. The second-order valence-corrected chi connectivity index (χ2v) is 8.09. The number of rotatable bonds is 4. The molecule has 0 aliphatic heterocycles. The standard InChI is InChI=1S/C14H20F3O3Si/c1-13(2,3)12(20-21(4)5)10-7-6-9(18)8-11(10)19-14(15,16)17/h6-8,12,18H,1-5H3. The van der Waals surface area contributed by atoms with Crippen molar-refractivity contribution in [3.8, 4) is 11.5 Å². The van der Waals surface area contributed by atoms with Gasteiger partial charge in [0.05, 0.1) is 6.10 Å². The van der Waals surface area contributed by atoms with Crippen LogP contribution in [0.2, 0.25) is 13.1 Å². The van der Waals surface area contributed by atoms with Crippen LogP contribution in [0.25, 0.3) is 0 Å². The first-order valence-corrected chi connectivity index (χ1v) is 8.86. The third-order valence-corrected chi connectivity index (χ3v) is 3.35. The van der Waals surface area contributed by atoms with Gasteiger partial charge in [-0.05, 0) is 30.6 Å². The number of halogens is 3. The van der Waals surface area contributed by atoms with Gasteiger partial charge in [-0.25, -0.2) is 0 Å². The number of hydrogen-bond donors (Lipinski definition) is 1. The predicted octanol–water partition coefficient (Wildman–Crippen LogP) is 4.65. The number of alkyl halides is 3. The SMILES string of the molecule is C[Si](C)OC(c1ccc(O)cc1OC(F)(F)F)C(C)(C)C. The molecule has 0 aliphatic carbocycles. The average Bonchev–Trinajstić information content (AvgIpc) is 2.22. The molecule has 1 aromatic carbocycles. The zero-order valence-corrected chi connectivity index (χ0v) is 13.7. The summed E-state index contributed by atoms with van der Waals surface area (Å²) >= 11 is 0. The Morgan fingerprint density at radius 1 is 1.14 bits per heavy atom. The van der Waals surface area contributed by atoms with E-state index in [2.05, 4.69) is 4.74 Å². The van der Waals surface area contributed by atoms with E-state index in [0.29, 0.717) is 0 Å².